The van der Waals surface area contributed by atoms with E-state index in [0.29, 0.717) is 36.6 Å². The molecule has 0 aliphatic heterocycles. The van der Waals surface area contributed by atoms with E-state index in [9.17, 15) is 14.9 Å². The third kappa shape index (κ3) is 6.81. The van der Waals surface area contributed by atoms with Gasteiger partial charge in [-0.25, -0.2) is 4.79 Å². The molecule has 0 radical (unpaired) electrons. The summed E-state index contributed by atoms with van der Waals surface area (Å²) in [4.78, 5) is 29.9. The summed E-state index contributed by atoms with van der Waals surface area (Å²) in [6, 6.07) is 10.8. The fourth-order valence-electron chi connectivity index (χ4n) is 4.03. The van der Waals surface area contributed by atoms with Crippen LogP contribution in [-0.2, 0) is 9.53 Å². The van der Waals surface area contributed by atoms with E-state index >= 15 is 0 Å². The van der Waals surface area contributed by atoms with Gasteiger partial charge >= 0.3 is 6.09 Å². The molecular weight excluding hydrogens is 392 g/mol. The molecule has 2 amide bonds. The number of carbonyl (C=O) groups is 2. The van der Waals surface area contributed by atoms with Crippen molar-refractivity contribution in [2.75, 3.05) is 6.61 Å². The molecule has 0 heterocycles. The predicted octanol–water partition coefficient (Wildman–Crippen LogP) is 4.08. The Bertz CT molecular complexity index is 821. The molecule has 0 unspecified atom stereocenters. The number of nitrogens with one attached hydrogen (secondary N) is 2. The SMILES string of the molecule is CCOC(=O)NC(=N[C@@H](CCC1CCCCC1)C(=O)NC1(C#N)CC1)c1ccccc1. The Hall–Kier alpha value is -2.88. The van der Waals surface area contributed by atoms with E-state index in [0.717, 1.165) is 6.42 Å². The molecule has 31 heavy (non-hydrogen) atoms. The minimum absolute atomic E-state index is 0.240. The number of carbonyl (C=O) groups excluding carboxylic acids is 2. The van der Waals surface area contributed by atoms with Crippen molar-refractivity contribution in [2.24, 2.45) is 10.9 Å². The van der Waals surface area contributed by atoms with Crippen molar-refractivity contribution in [1.82, 2.24) is 10.6 Å². The van der Waals surface area contributed by atoms with E-state index in [1.54, 1.807) is 6.92 Å². The second-order valence-electron chi connectivity index (χ2n) is 8.47. The summed E-state index contributed by atoms with van der Waals surface area (Å²) in [5.74, 6) is 0.655. The first-order valence-electron chi connectivity index (χ1n) is 11.4. The Balaban J connectivity index is 1.81. The van der Waals surface area contributed by atoms with Crippen LogP contribution in [0, 0.1) is 17.2 Å². The van der Waals surface area contributed by atoms with Gasteiger partial charge in [-0.3, -0.25) is 15.1 Å². The first-order valence-corrected chi connectivity index (χ1v) is 11.4. The van der Waals surface area contributed by atoms with Crippen molar-refractivity contribution >= 4 is 17.8 Å². The number of hydrogen-bond acceptors (Lipinski definition) is 5. The minimum Gasteiger partial charge on any atom is -0.450 e. The molecule has 1 atom stereocenters. The van der Waals surface area contributed by atoms with Crippen LogP contribution in [0.4, 0.5) is 4.79 Å². The summed E-state index contributed by atoms with van der Waals surface area (Å²) in [6.45, 7) is 1.97. The standard InChI is InChI=1S/C24H32N4O3/c1-2-31-23(30)27-21(19-11-7-4-8-12-19)26-20(14-13-18-9-5-3-6-10-18)22(29)28-24(17-25)15-16-24/h4,7-8,11-12,18,20H,2-3,5-6,9-10,13-16H2,1H3,(H,28,29)(H,26,27,30)/t20-/m0/s1. The van der Waals surface area contributed by atoms with Gasteiger partial charge < -0.3 is 10.1 Å². The quantitative estimate of drug-likeness (QED) is 0.485. The van der Waals surface area contributed by atoms with E-state index in [1.807, 2.05) is 30.3 Å². The van der Waals surface area contributed by atoms with Crippen molar-refractivity contribution < 1.29 is 14.3 Å². The molecule has 3 rings (SSSR count). The number of hydrogen-bond donors (Lipinski definition) is 2. The number of benzene rings is 1. The Morgan fingerprint density at radius 1 is 1.23 bits per heavy atom. The van der Waals surface area contributed by atoms with E-state index < -0.39 is 17.7 Å². The van der Waals surface area contributed by atoms with Crippen LogP contribution in [0.15, 0.2) is 35.3 Å². The molecule has 0 bridgehead atoms. The summed E-state index contributed by atoms with van der Waals surface area (Å²) in [6.07, 6.45) is 8.35. The van der Waals surface area contributed by atoms with Gasteiger partial charge in [0.05, 0.1) is 12.7 Å². The van der Waals surface area contributed by atoms with E-state index in [4.69, 9.17) is 4.74 Å². The zero-order valence-corrected chi connectivity index (χ0v) is 18.2. The van der Waals surface area contributed by atoms with Crippen molar-refractivity contribution in [3.05, 3.63) is 35.9 Å². The number of amides is 2. The average molecular weight is 425 g/mol. The number of nitrogens with zero attached hydrogens (tertiary/aromatic N) is 2. The van der Waals surface area contributed by atoms with Gasteiger partial charge in [0.1, 0.15) is 17.4 Å². The van der Waals surface area contributed by atoms with Gasteiger partial charge in [0, 0.05) is 5.56 Å². The molecule has 0 aromatic heterocycles. The lowest BCUT2D eigenvalue weighted by Crippen LogP contribution is -2.43. The van der Waals surface area contributed by atoms with Gasteiger partial charge in [-0.05, 0) is 38.5 Å². The Morgan fingerprint density at radius 2 is 1.94 bits per heavy atom. The highest BCUT2D eigenvalue weighted by molar-refractivity contribution is 6.07. The fourth-order valence-corrected chi connectivity index (χ4v) is 4.03. The highest BCUT2D eigenvalue weighted by Crippen LogP contribution is 2.35. The zero-order chi connectivity index (χ0) is 22.1. The lowest BCUT2D eigenvalue weighted by Gasteiger charge is -2.23. The molecule has 1 aromatic rings. The highest BCUT2D eigenvalue weighted by atomic mass is 16.5. The van der Waals surface area contributed by atoms with Crippen LogP contribution in [0.25, 0.3) is 0 Å². The molecule has 2 aliphatic rings. The van der Waals surface area contributed by atoms with Gasteiger partial charge in [-0.1, -0.05) is 62.4 Å². The molecule has 7 heteroatoms. The predicted molar refractivity (Wildman–Crippen MR) is 118 cm³/mol. The second-order valence-corrected chi connectivity index (χ2v) is 8.47. The van der Waals surface area contributed by atoms with E-state index in [-0.39, 0.29) is 12.5 Å². The van der Waals surface area contributed by atoms with Crippen molar-refractivity contribution in [3.63, 3.8) is 0 Å². The minimum atomic E-state index is -0.753. The molecule has 2 saturated carbocycles. The molecular formula is C24H32N4O3. The number of rotatable bonds is 8. The summed E-state index contributed by atoms with van der Waals surface area (Å²) in [5, 5.41) is 15.0. The lowest BCUT2D eigenvalue weighted by atomic mass is 9.85. The Kier molecular flexibility index (Phi) is 8.05. The van der Waals surface area contributed by atoms with Crippen molar-refractivity contribution in [3.8, 4) is 6.07 Å². The monoisotopic (exact) mass is 424 g/mol. The van der Waals surface area contributed by atoms with Gasteiger partial charge in [0.25, 0.3) is 0 Å². The molecule has 0 saturated heterocycles. The maximum atomic E-state index is 13.1. The largest absolute Gasteiger partial charge is 0.450 e. The van der Waals surface area contributed by atoms with Gasteiger partial charge in [-0.15, -0.1) is 0 Å². The summed E-state index contributed by atoms with van der Waals surface area (Å²) in [7, 11) is 0. The normalized spacial score (nSPS) is 19.0. The van der Waals surface area contributed by atoms with Gasteiger partial charge in [-0.2, -0.15) is 5.26 Å². The van der Waals surface area contributed by atoms with Crippen LogP contribution in [0.5, 0.6) is 0 Å². The van der Waals surface area contributed by atoms with Crippen LogP contribution in [0.1, 0.15) is 70.3 Å². The average Bonchev–Trinajstić information content (AvgIpc) is 3.57. The lowest BCUT2D eigenvalue weighted by molar-refractivity contribution is -0.123. The number of aliphatic imine (C=N–C) groups is 1. The maximum Gasteiger partial charge on any atom is 0.412 e. The third-order valence-corrected chi connectivity index (χ3v) is 6.03. The number of nitriles is 1. The third-order valence-electron chi connectivity index (χ3n) is 6.03. The first-order chi connectivity index (χ1) is 15.0. The van der Waals surface area contributed by atoms with E-state index in [1.165, 1.54) is 32.1 Å². The van der Waals surface area contributed by atoms with Crippen molar-refractivity contribution in [1.29, 1.82) is 5.26 Å². The second kappa shape index (κ2) is 10.9. The van der Waals surface area contributed by atoms with Gasteiger partial charge in [0.2, 0.25) is 5.91 Å². The van der Waals surface area contributed by atoms with Gasteiger partial charge in [0.15, 0.2) is 0 Å². The van der Waals surface area contributed by atoms with Crippen LogP contribution >= 0.6 is 0 Å². The number of ether oxygens (including phenoxy) is 1. The Labute approximate surface area is 184 Å². The molecule has 2 aliphatic carbocycles. The summed E-state index contributed by atoms with van der Waals surface area (Å²) >= 11 is 0. The van der Waals surface area contributed by atoms with E-state index in [2.05, 4.69) is 21.7 Å². The molecule has 7 nitrogen and oxygen atoms in total. The molecule has 2 fully saturated rings. The summed E-state index contributed by atoms with van der Waals surface area (Å²) in [5.41, 5.74) is -0.0515. The van der Waals surface area contributed by atoms with Crippen LogP contribution in [-0.4, -0.2) is 36.0 Å². The van der Waals surface area contributed by atoms with Crippen LogP contribution in [0.2, 0.25) is 0 Å². The topological polar surface area (TPSA) is 104 Å². The summed E-state index contributed by atoms with van der Waals surface area (Å²) < 4.78 is 5.02. The smallest absolute Gasteiger partial charge is 0.412 e. The fraction of sp³-hybridized carbons (Fsp3) is 0.583. The number of alkyl carbamates (subject to hydrolysis) is 1. The van der Waals surface area contributed by atoms with Crippen LogP contribution in [0.3, 0.4) is 0 Å². The van der Waals surface area contributed by atoms with Crippen molar-refractivity contribution in [2.45, 2.75) is 76.3 Å². The number of amidine groups is 1. The molecule has 2 N–H and O–H groups in total. The maximum absolute atomic E-state index is 13.1. The van der Waals surface area contributed by atoms with Crippen LogP contribution < -0.4 is 10.6 Å². The molecule has 1 aromatic carbocycles. The highest BCUT2D eigenvalue weighted by Gasteiger charge is 2.45. The first kappa shape index (κ1) is 22.8. The molecule has 166 valence electrons. The molecule has 0 spiro atoms. The zero-order valence-electron chi connectivity index (χ0n) is 18.2. The Morgan fingerprint density at radius 3 is 2.55 bits per heavy atom.